The minimum Gasteiger partial charge on any atom is -0.447 e. The molecule has 0 spiro atoms. The van der Waals surface area contributed by atoms with Gasteiger partial charge in [0.15, 0.2) is 11.4 Å². The minimum atomic E-state index is -0.531. The summed E-state index contributed by atoms with van der Waals surface area (Å²) in [6, 6.07) is 9.55. The molecule has 0 saturated carbocycles. The van der Waals surface area contributed by atoms with Gasteiger partial charge in [-0.05, 0) is 30.7 Å². The van der Waals surface area contributed by atoms with Crippen molar-refractivity contribution in [3.05, 3.63) is 57.9 Å². The molecule has 0 atom stereocenters. The van der Waals surface area contributed by atoms with Gasteiger partial charge in [-0.2, -0.15) is 5.26 Å². The van der Waals surface area contributed by atoms with Crippen LogP contribution in [0.5, 0.6) is 11.5 Å². The van der Waals surface area contributed by atoms with Crippen molar-refractivity contribution in [2.24, 2.45) is 0 Å². The molecule has 0 saturated heterocycles. The van der Waals surface area contributed by atoms with Crippen molar-refractivity contribution in [3.8, 4) is 17.6 Å². The van der Waals surface area contributed by atoms with Crippen LogP contribution in [0.2, 0.25) is 0 Å². The summed E-state index contributed by atoms with van der Waals surface area (Å²) in [7, 11) is 0. The van der Waals surface area contributed by atoms with Crippen LogP contribution in [0.3, 0.4) is 0 Å². The maximum Gasteiger partial charge on any atom is 0.311 e. The average Bonchev–Trinajstić information content (AvgIpc) is 2.39. The molecular weight excluding hydrogens is 246 g/mol. The second kappa shape index (κ2) is 5.14. The Balaban J connectivity index is 2.46. The fourth-order valence-corrected chi connectivity index (χ4v) is 1.53. The first-order valence-corrected chi connectivity index (χ1v) is 5.40. The summed E-state index contributed by atoms with van der Waals surface area (Å²) in [6.07, 6.45) is 1.45. The number of nitro groups is 1. The number of aromatic nitrogens is 1. The van der Waals surface area contributed by atoms with E-state index >= 15 is 0 Å². The number of hydrogen-bond donors (Lipinski definition) is 0. The normalized spacial score (nSPS) is 9.68. The SMILES string of the molecule is Cc1ccc([N+](=O)[O-])c(Oc2cccnc2C#N)c1. The van der Waals surface area contributed by atoms with Gasteiger partial charge in [-0.3, -0.25) is 10.1 Å². The molecule has 0 unspecified atom stereocenters. The molecular formula is C13H9N3O3. The van der Waals surface area contributed by atoms with Gasteiger partial charge < -0.3 is 4.74 Å². The van der Waals surface area contributed by atoms with Crippen LogP contribution in [0.25, 0.3) is 0 Å². The van der Waals surface area contributed by atoms with Gasteiger partial charge in [0.2, 0.25) is 5.75 Å². The van der Waals surface area contributed by atoms with E-state index in [0.717, 1.165) is 5.56 Å². The molecule has 94 valence electrons. The molecule has 0 aliphatic rings. The van der Waals surface area contributed by atoms with Crippen molar-refractivity contribution in [1.82, 2.24) is 4.98 Å². The molecule has 0 radical (unpaired) electrons. The van der Waals surface area contributed by atoms with E-state index in [-0.39, 0.29) is 22.9 Å². The Labute approximate surface area is 109 Å². The first kappa shape index (κ1) is 12.5. The van der Waals surface area contributed by atoms with E-state index in [1.54, 1.807) is 25.1 Å². The summed E-state index contributed by atoms with van der Waals surface area (Å²) in [5.41, 5.74) is 0.750. The van der Waals surface area contributed by atoms with Gasteiger partial charge in [-0.25, -0.2) is 4.98 Å². The molecule has 1 heterocycles. The van der Waals surface area contributed by atoms with Crippen LogP contribution in [-0.2, 0) is 0 Å². The monoisotopic (exact) mass is 255 g/mol. The van der Waals surface area contributed by atoms with E-state index in [2.05, 4.69) is 4.98 Å². The Bertz CT molecular complexity index is 677. The predicted octanol–water partition coefficient (Wildman–Crippen LogP) is 2.96. The van der Waals surface area contributed by atoms with Crippen LogP contribution in [0.15, 0.2) is 36.5 Å². The fraction of sp³-hybridized carbons (Fsp3) is 0.0769. The van der Waals surface area contributed by atoms with Crippen molar-refractivity contribution >= 4 is 5.69 Å². The molecule has 6 nitrogen and oxygen atoms in total. The maximum absolute atomic E-state index is 10.9. The second-order valence-electron chi connectivity index (χ2n) is 3.79. The van der Waals surface area contributed by atoms with Gasteiger partial charge in [0, 0.05) is 12.3 Å². The number of benzene rings is 1. The van der Waals surface area contributed by atoms with Crippen LogP contribution in [-0.4, -0.2) is 9.91 Å². The lowest BCUT2D eigenvalue weighted by atomic mass is 10.2. The zero-order valence-electron chi connectivity index (χ0n) is 10.0. The third-order valence-electron chi connectivity index (χ3n) is 2.41. The van der Waals surface area contributed by atoms with E-state index in [1.807, 2.05) is 6.07 Å². The molecule has 0 aliphatic heterocycles. The Morgan fingerprint density at radius 3 is 2.84 bits per heavy atom. The number of pyridine rings is 1. The number of nitrogens with zero attached hydrogens (tertiary/aromatic N) is 3. The van der Waals surface area contributed by atoms with Crippen LogP contribution in [0.1, 0.15) is 11.3 Å². The summed E-state index contributed by atoms with van der Waals surface area (Å²) in [6.45, 7) is 1.80. The number of aryl methyl sites for hydroxylation is 1. The molecule has 1 aromatic heterocycles. The topological polar surface area (TPSA) is 89.1 Å². The highest BCUT2D eigenvalue weighted by atomic mass is 16.6. The van der Waals surface area contributed by atoms with Crippen LogP contribution < -0.4 is 4.74 Å². The molecule has 0 fully saturated rings. The molecule has 0 aliphatic carbocycles. The number of nitriles is 1. The van der Waals surface area contributed by atoms with E-state index < -0.39 is 4.92 Å². The Morgan fingerprint density at radius 1 is 1.37 bits per heavy atom. The quantitative estimate of drug-likeness (QED) is 0.621. The standard InChI is InChI=1S/C13H9N3O3/c1-9-4-5-11(16(17)18)13(7-9)19-12-3-2-6-15-10(12)8-14/h2-7H,1H3. The summed E-state index contributed by atoms with van der Waals surface area (Å²) in [5.74, 6) is 0.285. The smallest absolute Gasteiger partial charge is 0.311 e. The van der Waals surface area contributed by atoms with Gasteiger partial charge in [-0.1, -0.05) is 6.07 Å². The van der Waals surface area contributed by atoms with Crippen molar-refractivity contribution in [3.63, 3.8) is 0 Å². The molecule has 0 amide bonds. The lowest BCUT2D eigenvalue weighted by molar-refractivity contribution is -0.385. The summed E-state index contributed by atoms with van der Waals surface area (Å²) in [5, 5.41) is 19.8. The van der Waals surface area contributed by atoms with Gasteiger partial charge >= 0.3 is 5.69 Å². The first-order valence-electron chi connectivity index (χ1n) is 5.40. The van der Waals surface area contributed by atoms with Crippen molar-refractivity contribution in [2.75, 3.05) is 0 Å². The Kier molecular flexibility index (Phi) is 3.39. The number of nitro benzene ring substituents is 1. The van der Waals surface area contributed by atoms with Crippen molar-refractivity contribution < 1.29 is 9.66 Å². The largest absolute Gasteiger partial charge is 0.447 e. The third kappa shape index (κ3) is 2.66. The maximum atomic E-state index is 10.9. The highest BCUT2D eigenvalue weighted by Gasteiger charge is 2.17. The van der Waals surface area contributed by atoms with E-state index in [4.69, 9.17) is 10.00 Å². The highest BCUT2D eigenvalue weighted by molar-refractivity contribution is 5.51. The van der Waals surface area contributed by atoms with Crippen LogP contribution in [0.4, 0.5) is 5.69 Å². The van der Waals surface area contributed by atoms with E-state index in [9.17, 15) is 10.1 Å². The molecule has 2 aromatic rings. The minimum absolute atomic E-state index is 0.0818. The first-order chi connectivity index (χ1) is 9.11. The second-order valence-corrected chi connectivity index (χ2v) is 3.79. The van der Waals surface area contributed by atoms with Gasteiger partial charge in [-0.15, -0.1) is 0 Å². The lowest BCUT2D eigenvalue weighted by Gasteiger charge is -2.07. The zero-order chi connectivity index (χ0) is 13.8. The highest BCUT2D eigenvalue weighted by Crippen LogP contribution is 2.32. The van der Waals surface area contributed by atoms with Gasteiger partial charge in [0.25, 0.3) is 0 Å². The van der Waals surface area contributed by atoms with Crippen LogP contribution in [0, 0.1) is 28.4 Å². The Morgan fingerprint density at radius 2 is 2.16 bits per heavy atom. The number of ether oxygens (including phenoxy) is 1. The summed E-state index contributed by atoms with van der Waals surface area (Å²) in [4.78, 5) is 14.2. The molecule has 2 rings (SSSR count). The summed E-state index contributed by atoms with van der Waals surface area (Å²) < 4.78 is 5.45. The lowest BCUT2D eigenvalue weighted by Crippen LogP contribution is -1.96. The average molecular weight is 255 g/mol. The fourth-order valence-electron chi connectivity index (χ4n) is 1.53. The van der Waals surface area contributed by atoms with Gasteiger partial charge in [0.1, 0.15) is 6.07 Å². The molecule has 0 N–H and O–H groups in total. The van der Waals surface area contributed by atoms with Crippen molar-refractivity contribution in [1.29, 1.82) is 5.26 Å². The third-order valence-corrected chi connectivity index (χ3v) is 2.41. The van der Waals surface area contributed by atoms with Gasteiger partial charge in [0.05, 0.1) is 4.92 Å². The van der Waals surface area contributed by atoms with E-state index in [1.165, 1.54) is 18.3 Å². The van der Waals surface area contributed by atoms with E-state index in [0.29, 0.717) is 0 Å². The number of rotatable bonds is 3. The summed E-state index contributed by atoms with van der Waals surface area (Å²) >= 11 is 0. The molecule has 1 aromatic carbocycles. The Hall–Kier alpha value is -2.94. The number of hydrogen-bond acceptors (Lipinski definition) is 5. The molecule has 19 heavy (non-hydrogen) atoms. The molecule has 0 bridgehead atoms. The zero-order valence-corrected chi connectivity index (χ0v) is 10.0. The predicted molar refractivity (Wildman–Crippen MR) is 66.9 cm³/mol. The molecule has 6 heteroatoms. The van der Waals surface area contributed by atoms with Crippen molar-refractivity contribution in [2.45, 2.75) is 6.92 Å². The van der Waals surface area contributed by atoms with Crippen LogP contribution >= 0.6 is 0 Å².